The molecule has 0 atom stereocenters. The maximum atomic E-state index is 12.1. The Labute approximate surface area is 137 Å². The molecule has 2 aromatic carbocycles. The number of hydrogen-bond acceptors (Lipinski definition) is 6. The molecule has 0 spiro atoms. The summed E-state index contributed by atoms with van der Waals surface area (Å²) in [6.45, 7) is 1.15. The topological polar surface area (TPSA) is 116 Å². The van der Waals surface area contributed by atoms with Crippen LogP contribution in [0.4, 0.5) is 5.69 Å². The molecule has 0 aliphatic rings. The van der Waals surface area contributed by atoms with Crippen LogP contribution in [0.1, 0.15) is 33.2 Å². The van der Waals surface area contributed by atoms with Gasteiger partial charge in [0.05, 0.1) is 11.3 Å². The van der Waals surface area contributed by atoms with Crippen molar-refractivity contribution in [1.29, 1.82) is 0 Å². The van der Waals surface area contributed by atoms with Gasteiger partial charge in [-0.25, -0.2) is 9.59 Å². The number of carbonyl (C=O) groups excluding carboxylic acids is 2. The molecule has 0 fully saturated rings. The van der Waals surface area contributed by atoms with E-state index in [1.165, 1.54) is 6.07 Å². The Hall–Kier alpha value is -3.35. The highest BCUT2D eigenvalue weighted by molar-refractivity contribution is 5.99. The molecule has 0 aliphatic heterocycles. The van der Waals surface area contributed by atoms with Gasteiger partial charge in [-0.05, 0) is 17.7 Å². The summed E-state index contributed by atoms with van der Waals surface area (Å²) in [5, 5.41) is 9.22. The van der Waals surface area contributed by atoms with E-state index in [-0.39, 0.29) is 23.6 Å². The van der Waals surface area contributed by atoms with Crippen molar-refractivity contribution in [2.45, 2.75) is 13.5 Å². The number of hydrogen-bond donors (Lipinski definition) is 2. The van der Waals surface area contributed by atoms with Crippen molar-refractivity contribution in [3.8, 4) is 5.75 Å². The molecule has 0 heterocycles. The number of nitrogens with two attached hydrogens (primary N) is 1. The fourth-order valence-electron chi connectivity index (χ4n) is 1.99. The molecule has 0 aliphatic carbocycles. The molecule has 7 nitrogen and oxygen atoms in total. The molecule has 7 heteroatoms. The standard InChI is InChI=1S/C17H15NO6/c1-10(19)24-15-13(16(20)21)7-12(8-14(15)18)17(22)23-9-11-5-3-2-4-6-11/h2-8H,9,18H2,1H3,(H,20,21). The predicted octanol–water partition coefficient (Wildman–Crippen LogP) is 2.25. The van der Waals surface area contributed by atoms with Crippen molar-refractivity contribution >= 4 is 23.6 Å². The largest absolute Gasteiger partial charge is 0.478 e. The first kappa shape index (κ1) is 17.0. The van der Waals surface area contributed by atoms with Gasteiger partial charge in [-0.1, -0.05) is 30.3 Å². The molecule has 0 bridgehead atoms. The zero-order valence-corrected chi connectivity index (χ0v) is 12.8. The lowest BCUT2D eigenvalue weighted by Crippen LogP contribution is -2.13. The van der Waals surface area contributed by atoms with Gasteiger partial charge in [0.2, 0.25) is 0 Å². The van der Waals surface area contributed by atoms with Crippen LogP contribution in [0.2, 0.25) is 0 Å². The Balaban J connectivity index is 2.25. The molecule has 0 aromatic heterocycles. The number of ether oxygens (including phenoxy) is 2. The van der Waals surface area contributed by atoms with Gasteiger partial charge in [-0.3, -0.25) is 4.79 Å². The van der Waals surface area contributed by atoms with Gasteiger partial charge in [0.1, 0.15) is 12.2 Å². The van der Waals surface area contributed by atoms with Crippen LogP contribution in [0.3, 0.4) is 0 Å². The van der Waals surface area contributed by atoms with Gasteiger partial charge < -0.3 is 20.3 Å². The van der Waals surface area contributed by atoms with Gasteiger partial charge >= 0.3 is 17.9 Å². The van der Waals surface area contributed by atoms with E-state index in [1.807, 2.05) is 6.07 Å². The molecular weight excluding hydrogens is 314 g/mol. The predicted molar refractivity (Wildman–Crippen MR) is 84.7 cm³/mol. The number of aromatic carboxylic acids is 1. The second-order valence-corrected chi connectivity index (χ2v) is 4.90. The molecule has 2 aromatic rings. The van der Waals surface area contributed by atoms with Crippen LogP contribution in [-0.4, -0.2) is 23.0 Å². The fraction of sp³-hybridized carbons (Fsp3) is 0.118. The number of rotatable bonds is 5. The minimum Gasteiger partial charge on any atom is -0.478 e. The van der Waals surface area contributed by atoms with Gasteiger partial charge in [0.15, 0.2) is 5.75 Å². The van der Waals surface area contributed by atoms with Crippen LogP contribution < -0.4 is 10.5 Å². The molecule has 0 unspecified atom stereocenters. The van der Waals surface area contributed by atoms with Crippen LogP contribution in [0.15, 0.2) is 42.5 Å². The van der Waals surface area contributed by atoms with E-state index in [0.29, 0.717) is 0 Å². The van der Waals surface area contributed by atoms with E-state index >= 15 is 0 Å². The Kier molecular flexibility index (Phi) is 5.16. The van der Waals surface area contributed by atoms with Crippen LogP contribution in [-0.2, 0) is 16.1 Å². The number of nitrogen functional groups attached to an aromatic ring is 1. The summed E-state index contributed by atoms with van der Waals surface area (Å²) in [6, 6.07) is 11.3. The highest BCUT2D eigenvalue weighted by Gasteiger charge is 2.21. The first-order chi connectivity index (χ1) is 11.4. The van der Waals surface area contributed by atoms with Crippen LogP contribution in [0.5, 0.6) is 5.75 Å². The van der Waals surface area contributed by atoms with E-state index in [1.54, 1.807) is 24.3 Å². The van der Waals surface area contributed by atoms with E-state index in [2.05, 4.69) is 0 Å². The van der Waals surface area contributed by atoms with Gasteiger partial charge in [-0.2, -0.15) is 0 Å². The van der Waals surface area contributed by atoms with Crippen molar-refractivity contribution in [2.24, 2.45) is 0 Å². The number of benzene rings is 2. The van der Waals surface area contributed by atoms with Crippen LogP contribution in [0, 0.1) is 0 Å². The van der Waals surface area contributed by atoms with E-state index in [9.17, 15) is 19.5 Å². The van der Waals surface area contributed by atoms with Crippen molar-refractivity contribution in [3.05, 3.63) is 59.2 Å². The number of carbonyl (C=O) groups is 3. The van der Waals surface area contributed by atoms with Crippen molar-refractivity contribution < 1.29 is 29.0 Å². The fourth-order valence-corrected chi connectivity index (χ4v) is 1.99. The molecule has 2 rings (SSSR count). The molecule has 0 saturated carbocycles. The zero-order valence-electron chi connectivity index (χ0n) is 12.8. The number of esters is 2. The van der Waals surface area contributed by atoms with Crippen molar-refractivity contribution in [2.75, 3.05) is 5.73 Å². The van der Waals surface area contributed by atoms with E-state index < -0.39 is 23.5 Å². The zero-order chi connectivity index (χ0) is 17.7. The van der Waals surface area contributed by atoms with Gasteiger partial charge in [0.25, 0.3) is 0 Å². The third-order valence-corrected chi connectivity index (χ3v) is 3.04. The Morgan fingerprint density at radius 3 is 2.38 bits per heavy atom. The van der Waals surface area contributed by atoms with Gasteiger partial charge in [0, 0.05) is 6.92 Å². The summed E-state index contributed by atoms with van der Waals surface area (Å²) in [4.78, 5) is 34.5. The van der Waals surface area contributed by atoms with E-state index in [0.717, 1.165) is 18.6 Å². The highest BCUT2D eigenvalue weighted by Crippen LogP contribution is 2.29. The summed E-state index contributed by atoms with van der Waals surface area (Å²) in [7, 11) is 0. The van der Waals surface area contributed by atoms with Gasteiger partial charge in [-0.15, -0.1) is 0 Å². The lowest BCUT2D eigenvalue weighted by Gasteiger charge is -2.11. The average Bonchev–Trinajstić information content (AvgIpc) is 2.54. The maximum absolute atomic E-state index is 12.1. The quantitative estimate of drug-likeness (QED) is 0.491. The number of carboxylic acid groups (broad SMARTS) is 1. The minimum atomic E-state index is -1.38. The van der Waals surface area contributed by atoms with Crippen LogP contribution >= 0.6 is 0 Å². The lowest BCUT2D eigenvalue weighted by molar-refractivity contribution is -0.131. The van der Waals surface area contributed by atoms with Crippen molar-refractivity contribution in [3.63, 3.8) is 0 Å². The maximum Gasteiger partial charge on any atom is 0.339 e. The minimum absolute atomic E-state index is 0.0354. The second kappa shape index (κ2) is 7.28. The summed E-state index contributed by atoms with van der Waals surface area (Å²) in [5.41, 5.74) is 5.91. The smallest absolute Gasteiger partial charge is 0.339 e. The second-order valence-electron chi connectivity index (χ2n) is 4.90. The number of anilines is 1. The Morgan fingerprint density at radius 2 is 1.79 bits per heavy atom. The molecular formula is C17H15NO6. The summed E-state index contributed by atoms with van der Waals surface area (Å²) in [6.07, 6.45) is 0. The molecule has 124 valence electrons. The normalized spacial score (nSPS) is 10.0. The average molecular weight is 329 g/mol. The lowest BCUT2D eigenvalue weighted by atomic mass is 10.1. The van der Waals surface area contributed by atoms with Crippen LogP contribution in [0.25, 0.3) is 0 Å². The Bertz CT molecular complexity index is 785. The highest BCUT2D eigenvalue weighted by atomic mass is 16.5. The molecule has 3 N–H and O–H groups in total. The molecule has 0 amide bonds. The Morgan fingerprint density at radius 1 is 1.12 bits per heavy atom. The molecule has 0 radical (unpaired) electrons. The summed E-state index contributed by atoms with van der Waals surface area (Å²) < 4.78 is 9.93. The first-order valence-electron chi connectivity index (χ1n) is 6.94. The third kappa shape index (κ3) is 4.10. The van der Waals surface area contributed by atoms with E-state index in [4.69, 9.17) is 15.2 Å². The number of carboxylic acids is 1. The molecule has 0 saturated heterocycles. The monoisotopic (exact) mass is 329 g/mol. The summed E-state index contributed by atoms with van der Waals surface area (Å²) >= 11 is 0. The third-order valence-electron chi connectivity index (χ3n) is 3.04. The van der Waals surface area contributed by atoms with Crippen molar-refractivity contribution in [1.82, 2.24) is 0 Å². The first-order valence-corrected chi connectivity index (χ1v) is 6.94. The molecule has 24 heavy (non-hydrogen) atoms. The SMILES string of the molecule is CC(=O)Oc1c(N)cc(C(=O)OCc2ccccc2)cc1C(=O)O. The summed E-state index contributed by atoms with van der Waals surface area (Å²) in [5.74, 6) is -3.13.